The van der Waals surface area contributed by atoms with Gasteiger partial charge in [0.25, 0.3) is 0 Å². The van der Waals surface area contributed by atoms with Crippen LogP contribution in [0.2, 0.25) is 0 Å². The van der Waals surface area contributed by atoms with Gasteiger partial charge >= 0.3 is 0 Å². The van der Waals surface area contributed by atoms with E-state index in [4.69, 9.17) is 4.98 Å². The van der Waals surface area contributed by atoms with Crippen molar-refractivity contribution in [2.24, 2.45) is 5.41 Å². The first-order chi connectivity index (χ1) is 15.9. The molecule has 0 saturated carbocycles. The first-order valence-electron chi connectivity index (χ1n) is 13.4. The highest BCUT2D eigenvalue weighted by molar-refractivity contribution is 6.03. The van der Waals surface area contributed by atoms with Crippen molar-refractivity contribution in [2.75, 3.05) is 0 Å². The van der Waals surface area contributed by atoms with E-state index < -0.39 is 0 Å². The summed E-state index contributed by atoms with van der Waals surface area (Å²) in [6.07, 6.45) is 12.4. The smallest absolute Gasteiger partial charge is 0.210 e. The third kappa shape index (κ3) is 3.20. The van der Waals surface area contributed by atoms with Gasteiger partial charge in [0, 0.05) is 52.4 Å². The van der Waals surface area contributed by atoms with Gasteiger partial charge in [0.1, 0.15) is 0 Å². The summed E-state index contributed by atoms with van der Waals surface area (Å²) in [5.41, 5.74) is 9.43. The van der Waals surface area contributed by atoms with Gasteiger partial charge in [0.2, 0.25) is 5.69 Å². The molecule has 182 valence electrons. The zero-order valence-corrected chi connectivity index (χ0v) is 23.1. The molecule has 3 heterocycles. The third-order valence-electron chi connectivity index (χ3n) is 9.11. The van der Waals surface area contributed by atoms with Crippen LogP contribution in [0.15, 0.2) is 43.2 Å². The largest absolute Gasteiger partial charge is 0.260 e. The molecule has 2 aliphatic rings. The zero-order chi connectivity index (χ0) is 25.1. The highest BCUT2D eigenvalue weighted by Crippen LogP contribution is 2.63. The third-order valence-corrected chi connectivity index (χ3v) is 9.11. The number of aromatic nitrogens is 2. The van der Waals surface area contributed by atoms with Gasteiger partial charge in [0.05, 0.1) is 5.41 Å². The number of aryl methyl sites for hydroxylation is 1. The molecule has 34 heavy (non-hydrogen) atoms. The Morgan fingerprint density at radius 2 is 1.74 bits per heavy atom. The van der Waals surface area contributed by atoms with E-state index in [1.807, 2.05) is 0 Å². The zero-order valence-electron chi connectivity index (χ0n) is 23.1. The number of hydrogen-bond donors (Lipinski definition) is 0. The van der Waals surface area contributed by atoms with Crippen molar-refractivity contribution >= 4 is 11.1 Å². The molecule has 0 saturated heterocycles. The molecule has 2 aromatic rings. The second-order valence-corrected chi connectivity index (χ2v) is 12.3. The second-order valence-electron chi connectivity index (χ2n) is 12.3. The topological polar surface area (TPSA) is 16.8 Å². The minimum absolute atomic E-state index is 0.0243. The number of allylic oxidation sites excluding steroid dienone is 3. The molecule has 2 heteroatoms. The summed E-state index contributed by atoms with van der Waals surface area (Å²) in [7, 11) is 0. The lowest BCUT2D eigenvalue weighted by Gasteiger charge is -2.47. The van der Waals surface area contributed by atoms with Gasteiger partial charge < -0.3 is 0 Å². The quantitative estimate of drug-likeness (QED) is 0.318. The van der Waals surface area contributed by atoms with Crippen LogP contribution in [0.4, 0.5) is 0 Å². The minimum atomic E-state index is -0.181. The number of pyridine rings is 2. The average Bonchev–Trinajstić information content (AvgIpc) is 3.05. The molecular formula is C32H45N2+. The molecule has 0 aromatic carbocycles. The first kappa shape index (κ1) is 24.9. The first-order valence-corrected chi connectivity index (χ1v) is 13.4. The highest BCUT2D eigenvalue weighted by atomic mass is 15.1. The molecule has 0 bridgehead atoms. The van der Waals surface area contributed by atoms with Crippen LogP contribution in [0, 0.1) is 5.41 Å². The van der Waals surface area contributed by atoms with E-state index in [0.29, 0.717) is 0 Å². The predicted molar refractivity (Wildman–Crippen MR) is 145 cm³/mol. The summed E-state index contributed by atoms with van der Waals surface area (Å²) in [6, 6.07) is 7.24. The number of nitrogens with zero attached hydrogens (tertiary/aromatic N) is 2. The Balaban J connectivity index is 2.10. The van der Waals surface area contributed by atoms with Crippen LogP contribution in [0.5, 0.6) is 0 Å². The lowest BCUT2D eigenvalue weighted by Crippen LogP contribution is -2.67. The fourth-order valence-corrected chi connectivity index (χ4v) is 6.80. The van der Waals surface area contributed by atoms with Gasteiger partial charge in [0.15, 0.2) is 11.7 Å². The molecule has 2 nitrogen and oxygen atoms in total. The Morgan fingerprint density at radius 1 is 1.03 bits per heavy atom. The molecule has 2 aromatic heterocycles. The van der Waals surface area contributed by atoms with E-state index in [1.54, 1.807) is 0 Å². The van der Waals surface area contributed by atoms with Crippen molar-refractivity contribution in [3.05, 3.63) is 71.3 Å². The van der Waals surface area contributed by atoms with Crippen LogP contribution in [0.3, 0.4) is 0 Å². The maximum Gasteiger partial charge on any atom is 0.210 e. The molecule has 0 spiro atoms. The van der Waals surface area contributed by atoms with Gasteiger partial charge in [-0.25, -0.2) is 0 Å². The van der Waals surface area contributed by atoms with Crippen LogP contribution in [-0.4, -0.2) is 4.98 Å². The maximum absolute atomic E-state index is 5.02. The Bertz CT molecular complexity index is 1160. The normalized spacial score (nSPS) is 25.1. The molecule has 2 atom stereocenters. The lowest BCUT2D eigenvalue weighted by atomic mass is 9.58. The van der Waals surface area contributed by atoms with E-state index in [-0.39, 0.29) is 21.8 Å². The van der Waals surface area contributed by atoms with Gasteiger partial charge in [-0.3, -0.25) is 4.98 Å². The van der Waals surface area contributed by atoms with Gasteiger partial charge in [-0.1, -0.05) is 68.4 Å². The standard InChI is InChI=1S/C32H45N2/c1-11-15-16-22-17-18-34-25(19-22)28-27(31(10,12-2)32(34,13-3)14-4)23-21-33-26(29(5,6)7)20-24(23)30(28,8)9/h13,17-21H,3,11-12,14-16H2,1-2,4-10H3/q+1. The fraction of sp³-hybridized carbons (Fsp3) is 0.562. The van der Waals surface area contributed by atoms with Crippen LogP contribution in [0.1, 0.15) is 116 Å². The molecule has 0 fully saturated rings. The Labute approximate surface area is 208 Å². The van der Waals surface area contributed by atoms with E-state index >= 15 is 0 Å². The van der Waals surface area contributed by atoms with Crippen LogP contribution in [0.25, 0.3) is 11.1 Å². The SMILES string of the molecule is C=CC1(CC)[n+]2ccc(CCCC)cc2C2=C(c3cnc(C(C)(C)C)cc3C2(C)C)C1(C)CC. The summed E-state index contributed by atoms with van der Waals surface area (Å²) in [5, 5.41) is 0. The summed E-state index contributed by atoms with van der Waals surface area (Å²) in [6.45, 7) is 25.5. The summed E-state index contributed by atoms with van der Waals surface area (Å²) < 4.78 is 2.57. The molecular weight excluding hydrogens is 412 g/mol. The second kappa shape index (κ2) is 8.18. The minimum Gasteiger partial charge on any atom is -0.260 e. The van der Waals surface area contributed by atoms with Crippen molar-refractivity contribution in [1.29, 1.82) is 0 Å². The Hall–Kier alpha value is -2.22. The van der Waals surface area contributed by atoms with E-state index in [0.717, 1.165) is 19.3 Å². The van der Waals surface area contributed by atoms with Crippen LogP contribution < -0.4 is 4.57 Å². The molecule has 0 radical (unpaired) electrons. The van der Waals surface area contributed by atoms with Gasteiger partial charge in [-0.05, 0) is 55.0 Å². The molecule has 0 amide bonds. The summed E-state index contributed by atoms with van der Waals surface area (Å²) in [5.74, 6) is 0. The van der Waals surface area contributed by atoms with Crippen molar-refractivity contribution in [3.8, 4) is 0 Å². The fourth-order valence-electron chi connectivity index (χ4n) is 6.80. The van der Waals surface area contributed by atoms with Crippen molar-refractivity contribution in [2.45, 2.75) is 111 Å². The molecule has 0 N–H and O–H groups in total. The number of rotatable bonds is 6. The lowest BCUT2D eigenvalue weighted by molar-refractivity contribution is -0.769. The van der Waals surface area contributed by atoms with Crippen molar-refractivity contribution in [1.82, 2.24) is 4.98 Å². The van der Waals surface area contributed by atoms with E-state index in [9.17, 15) is 0 Å². The molecule has 4 rings (SSSR count). The molecule has 2 unspecified atom stereocenters. The summed E-state index contributed by atoms with van der Waals surface area (Å²) >= 11 is 0. The van der Waals surface area contributed by atoms with Gasteiger partial charge in [-0.2, -0.15) is 4.57 Å². The Morgan fingerprint density at radius 3 is 2.29 bits per heavy atom. The van der Waals surface area contributed by atoms with Gasteiger partial charge in [-0.15, -0.1) is 0 Å². The number of unbranched alkanes of at least 4 members (excludes halogenated alkanes) is 1. The monoisotopic (exact) mass is 457 g/mol. The molecule has 1 aliphatic carbocycles. The van der Waals surface area contributed by atoms with Crippen molar-refractivity contribution in [3.63, 3.8) is 0 Å². The predicted octanol–water partition coefficient (Wildman–Crippen LogP) is 7.93. The highest BCUT2D eigenvalue weighted by Gasteiger charge is 2.63. The van der Waals surface area contributed by atoms with E-state index in [1.165, 1.54) is 52.1 Å². The average molecular weight is 458 g/mol. The number of fused-ring (bicyclic) bond motifs is 4. The van der Waals surface area contributed by atoms with Crippen LogP contribution >= 0.6 is 0 Å². The molecule has 1 aliphatic heterocycles. The van der Waals surface area contributed by atoms with Crippen LogP contribution in [-0.2, 0) is 22.8 Å². The Kier molecular flexibility index (Phi) is 5.99. The number of hydrogen-bond acceptors (Lipinski definition) is 1. The maximum atomic E-state index is 5.02. The summed E-state index contributed by atoms with van der Waals surface area (Å²) in [4.78, 5) is 5.02. The van der Waals surface area contributed by atoms with Crippen molar-refractivity contribution < 1.29 is 4.57 Å². The van der Waals surface area contributed by atoms with E-state index in [2.05, 4.69) is 110 Å².